The Morgan fingerprint density at radius 3 is 2.52 bits per heavy atom. The van der Waals surface area contributed by atoms with Gasteiger partial charge in [-0.05, 0) is 50.0 Å². The van der Waals surface area contributed by atoms with Gasteiger partial charge in [0.2, 0.25) is 0 Å². The van der Waals surface area contributed by atoms with Gasteiger partial charge in [-0.25, -0.2) is 0 Å². The second kappa shape index (κ2) is 6.91. The molecule has 2 aliphatic carbocycles. The first-order valence-electron chi connectivity index (χ1n) is 8.33. The van der Waals surface area contributed by atoms with E-state index >= 15 is 0 Å². The van der Waals surface area contributed by atoms with Crippen LogP contribution in [0.2, 0.25) is 0 Å². The van der Waals surface area contributed by atoms with Gasteiger partial charge in [0.15, 0.2) is 0 Å². The number of nitrogens with one attached hydrogen (secondary N) is 1. The van der Waals surface area contributed by atoms with Gasteiger partial charge in [-0.3, -0.25) is 0 Å². The van der Waals surface area contributed by atoms with E-state index in [1.807, 2.05) is 0 Å². The second-order valence-electron chi connectivity index (χ2n) is 6.65. The van der Waals surface area contributed by atoms with Gasteiger partial charge in [0.1, 0.15) is 0 Å². The summed E-state index contributed by atoms with van der Waals surface area (Å²) in [4.78, 5) is 0. The quantitative estimate of drug-likeness (QED) is 0.650. The highest BCUT2D eigenvalue weighted by Crippen LogP contribution is 2.41. The van der Waals surface area contributed by atoms with Crippen LogP contribution in [-0.2, 0) is 11.2 Å². The number of aliphatic hydroxyl groups excluding tert-OH is 1. The Morgan fingerprint density at radius 1 is 1.14 bits per heavy atom. The van der Waals surface area contributed by atoms with E-state index in [2.05, 4.69) is 35.6 Å². The highest BCUT2D eigenvalue weighted by atomic mass is 16.5. The van der Waals surface area contributed by atoms with E-state index < -0.39 is 0 Å². The Labute approximate surface area is 127 Å². The van der Waals surface area contributed by atoms with Crippen LogP contribution in [-0.4, -0.2) is 36.5 Å². The van der Waals surface area contributed by atoms with E-state index in [4.69, 9.17) is 4.74 Å². The monoisotopic (exact) mass is 289 g/mol. The molecular formula is C18H27NO2. The molecule has 0 saturated heterocycles. The van der Waals surface area contributed by atoms with E-state index in [1.54, 1.807) is 0 Å². The second-order valence-corrected chi connectivity index (χ2v) is 6.65. The van der Waals surface area contributed by atoms with E-state index in [1.165, 1.54) is 31.2 Å². The van der Waals surface area contributed by atoms with Gasteiger partial charge in [0.05, 0.1) is 18.8 Å². The van der Waals surface area contributed by atoms with Gasteiger partial charge in [-0.1, -0.05) is 30.3 Å². The van der Waals surface area contributed by atoms with Crippen LogP contribution in [0.5, 0.6) is 0 Å². The van der Waals surface area contributed by atoms with Gasteiger partial charge >= 0.3 is 0 Å². The van der Waals surface area contributed by atoms with Gasteiger partial charge in [-0.15, -0.1) is 0 Å². The van der Waals surface area contributed by atoms with E-state index in [0.29, 0.717) is 18.6 Å². The maximum absolute atomic E-state index is 9.86. The van der Waals surface area contributed by atoms with Crippen LogP contribution in [0.25, 0.3) is 0 Å². The van der Waals surface area contributed by atoms with Crippen molar-refractivity contribution in [2.45, 2.75) is 50.1 Å². The van der Waals surface area contributed by atoms with Gasteiger partial charge in [0.25, 0.3) is 0 Å². The number of aliphatic hydroxyl groups is 1. The molecule has 0 aromatic heterocycles. The lowest BCUT2D eigenvalue weighted by Crippen LogP contribution is -2.55. The first-order valence-corrected chi connectivity index (χ1v) is 8.33. The largest absolute Gasteiger partial charge is 0.394 e. The molecule has 0 heterocycles. The molecule has 1 atom stereocenters. The summed E-state index contributed by atoms with van der Waals surface area (Å²) in [5.41, 5.74) is 1.20. The normalized spacial score (nSPS) is 21.2. The number of benzene rings is 1. The lowest BCUT2D eigenvalue weighted by molar-refractivity contribution is 0.0217. The summed E-state index contributed by atoms with van der Waals surface area (Å²) in [6, 6.07) is 11.2. The average Bonchev–Trinajstić information content (AvgIpc) is 3.39. The molecule has 21 heavy (non-hydrogen) atoms. The fourth-order valence-electron chi connectivity index (χ4n) is 3.05. The smallest absolute Gasteiger partial charge is 0.0681 e. The molecule has 1 unspecified atom stereocenters. The first kappa shape index (κ1) is 15.0. The highest BCUT2D eigenvalue weighted by Gasteiger charge is 2.47. The summed E-state index contributed by atoms with van der Waals surface area (Å²) in [7, 11) is 0. The van der Waals surface area contributed by atoms with Crippen molar-refractivity contribution in [3.63, 3.8) is 0 Å². The predicted molar refractivity (Wildman–Crippen MR) is 84.3 cm³/mol. The van der Waals surface area contributed by atoms with Crippen molar-refractivity contribution in [1.29, 1.82) is 0 Å². The Kier molecular flexibility index (Phi) is 4.94. The van der Waals surface area contributed by atoms with Gasteiger partial charge in [0, 0.05) is 12.6 Å². The third-order valence-electron chi connectivity index (χ3n) is 4.67. The summed E-state index contributed by atoms with van der Waals surface area (Å²) in [6.07, 6.45) is 7.07. The van der Waals surface area contributed by atoms with Crippen LogP contribution in [0.1, 0.15) is 37.7 Å². The standard InChI is InChI=1S/C18H27NO2/c20-13-18(16-8-9-16,19-17-10-11-17)14-21-12-4-7-15-5-2-1-3-6-15/h1-3,5-6,16-17,19-20H,4,7-14H2. The number of ether oxygens (including phenoxy) is 1. The molecule has 0 radical (unpaired) electrons. The van der Waals surface area contributed by atoms with Crippen molar-refractivity contribution < 1.29 is 9.84 Å². The molecule has 3 rings (SSSR count). The summed E-state index contributed by atoms with van der Waals surface area (Å²) in [6.45, 7) is 1.63. The molecule has 2 fully saturated rings. The molecule has 2 saturated carbocycles. The fourth-order valence-corrected chi connectivity index (χ4v) is 3.05. The van der Waals surface area contributed by atoms with Crippen molar-refractivity contribution in [2.24, 2.45) is 5.92 Å². The number of hydrogen-bond donors (Lipinski definition) is 2. The lowest BCUT2D eigenvalue weighted by atomic mass is 9.95. The van der Waals surface area contributed by atoms with E-state index in [-0.39, 0.29) is 12.1 Å². The summed E-state index contributed by atoms with van der Waals surface area (Å²) >= 11 is 0. The van der Waals surface area contributed by atoms with Crippen molar-refractivity contribution in [1.82, 2.24) is 5.32 Å². The Balaban J connectivity index is 1.40. The highest BCUT2D eigenvalue weighted by molar-refractivity contribution is 5.14. The molecule has 1 aromatic rings. The summed E-state index contributed by atoms with van der Waals surface area (Å²) in [5.74, 6) is 0.609. The Bertz CT molecular complexity index is 428. The SMILES string of the molecule is OCC(COCCCc1ccccc1)(NC1CC1)C1CC1. The van der Waals surface area contributed by atoms with Gasteiger partial charge in [-0.2, -0.15) is 0 Å². The maximum Gasteiger partial charge on any atom is 0.0681 e. The lowest BCUT2D eigenvalue weighted by Gasteiger charge is -2.33. The molecule has 116 valence electrons. The van der Waals surface area contributed by atoms with Crippen LogP contribution in [0.4, 0.5) is 0 Å². The minimum atomic E-state index is -0.173. The third-order valence-corrected chi connectivity index (χ3v) is 4.67. The fraction of sp³-hybridized carbons (Fsp3) is 0.667. The van der Waals surface area contributed by atoms with Crippen LogP contribution in [0, 0.1) is 5.92 Å². The van der Waals surface area contributed by atoms with Gasteiger partial charge < -0.3 is 15.2 Å². The zero-order valence-electron chi connectivity index (χ0n) is 12.8. The number of aryl methyl sites for hydroxylation is 1. The molecule has 3 nitrogen and oxygen atoms in total. The first-order chi connectivity index (χ1) is 10.3. The van der Waals surface area contributed by atoms with Crippen molar-refractivity contribution >= 4 is 0 Å². The van der Waals surface area contributed by atoms with Crippen molar-refractivity contribution in [2.75, 3.05) is 19.8 Å². The van der Waals surface area contributed by atoms with Crippen LogP contribution in [0.3, 0.4) is 0 Å². The Morgan fingerprint density at radius 2 is 1.90 bits per heavy atom. The molecule has 2 aliphatic rings. The zero-order valence-corrected chi connectivity index (χ0v) is 12.8. The predicted octanol–water partition coefficient (Wildman–Crippen LogP) is 2.53. The van der Waals surface area contributed by atoms with Crippen LogP contribution in [0.15, 0.2) is 30.3 Å². The van der Waals surface area contributed by atoms with Crippen LogP contribution < -0.4 is 5.32 Å². The third kappa shape index (κ3) is 4.29. The minimum Gasteiger partial charge on any atom is -0.394 e. The topological polar surface area (TPSA) is 41.5 Å². The van der Waals surface area contributed by atoms with Crippen molar-refractivity contribution in [3.8, 4) is 0 Å². The minimum absolute atomic E-state index is 0.173. The number of hydrogen-bond acceptors (Lipinski definition) is 3. The Hall–Kier alpha value is -0.900. The molecule has 0 aliphatic heterocycles. The molecule has 0 bridgehead atoms. The van der Waals surface area contributed by atoms with Crippen molar-refractivity contribution in [3.05, 3.63) is 35.9 Å². The average molecular weight is 289 g/mol. The maximum atomic E-state index is 9.86. The number of rotatable bonds is 10. The van der Waals surface area contributed by atoms with Crippen LogP contribution >= 0.6 is 0 Å². The summed E-state index contributed by atoms with van der Waals surface area (Å²) in [5, 5.41) is 13.5. The van der Waals surface area contributed by atoms with E-state index in [9.17, 15) is 5.11 Å². The molecule has 2 N–H and O–H groups in total. The molecule has 3 heteroatoms. The van der Waals surface area contributed by atoms with E-state index in [0.717, 1.165) is 19.4 Å². The molecule has 0 spiro atoms. The zero-order chi connectivity index (χ0) is 14.5. The molecule has 0 amide bonds. The molecular weight excluding hydrogens is 262 g/mol. The molecule has 1 aromatic carbocycles. The summed E-state index contributed by atoms with van der Waals surface area (Å²) < 4.78 is 5.92.